The van der Waals surface area contributed by atoms with Crippen molar-refractivity contribution in [2.45, 2.75) is 19.3 Å². The van der Waals surface area contributed by atoms with Gasteiger partial charge in [0, 0.05) is 32.8 Å². The molecule has 1 aliphatic rings. The van der Waals surface area contributed by atoms with Gasteiger partial charge in [0.1, 0.15) is 13.7 Å². The van der Waals surface area contributed by atoms with E-state index in [1.165, 1.54) is 6.42 Å². The fourth-order valence-corrected chi connectivity index (χ4v) is 2.44. The van der Waals surface area contributed by atoms with Gasteiger partial charge >= 0.3 is 0 Å². The fraction of sp³-hybridized carbons (Fsp3) is 0.643. The topological polar surface area (TPSA) is 39.6 Å². The van der Waals surface area contributed by atoms with Crippen molar-refractivity contribution >= 4 is 19.3 Å². The molecular formula is C14H22BN3O. The summed E-state index contributed by atoms with van der Waals surface area (Å²) in [5, 5.41) is 8.75. The molecule has 0 unspecified atom stereocenters. The van der Waals surface area contributed by atoms with Gasteiger partial charge in [0.25, 0.3) is 0 Å². The minimum atomic E-state index is 0.314. The van der Waals surface area contributed by atoms with Crippen LogP contribution in [0.15, 0.2) is 18.2 Å². The number of rotatable bonds is 6. The normalized spacial score (nSPS) is 16.8. The van der Waals surface area contributed by atoms with Crippen molar-refractivity contribution in [2.24, 2.45) is 0 Å². The zero-order valence-corrected chi connectivity index (χ0v) is 11.5. The first-order valence-corrected chi connectivity index (χ1v) is 7.10. The molecule has 1 saturated heterocycles. The molecule has 1 fully saturated rings. The second-order valence-corrected chi connectivity index (χ2v) is 5.03. The van der Waals surface area contributed by atoms with Gasteiger partial charge < -0.3 is 10.0 Å². The van der Waals surface area contributed by atoms with Crippen molar-refractivity contribution in [1.82, 2.24) is 9.88 Å². The Morgan fingerprint density at radius 3 is 2.58 bits per heavy atom. The minimum Gasteiger partial charge on any atom is -0.396 e. The Bertz CT molecular complexity index is 381. The van der Waals surface area contributed by atoms with Crippen molar-refractivity contribution in [2.75, 3.05) is 44.2 Å². The van der Waals surface area contributed by atoms with Crippen LogP contribution < -0.4 is 10.5 Å². The molecule has 1 N–H and O–H groups in total. The van der Waals surface area contributed by atoms with E-state index in [1.807, 2.05) is 18.2 Å². The molecule has 0 spiro atoms. The van der Waals surface area contributed by atoms with Crippen LogP contribution in [-0.4, -0.2) is 62.2 Å². The summed E-state index contributed by atoms with van der Waals surface area (Å²) in [5.41, 5.74) is 0.587. The Balaban J connectivity index is 1.73. The van der Waals surface area contributed by atoms with Crippen LogP contribution in [-0.2, 0) is 0 Å². The van der Waals surface area contributed by atoms with E-state index in [1.54, 1.807) is 0 Å². The number of piperazine rings is 1. The number of pyridine rings is 1. The van der Waals surface area contributed by atoms with Gasteiger partial charge in [-0.3, -0.25) is 4.90 Å². The summed E-state index contributed by atoms with van der Waals surface area (Å²) in [6, 6.07) is 5.80. The Morgan fingerprint density at radius 2 is 1.89 bits per heavy atom. The van der Waals surface area contributed by atoms with E-state index in [0.717, 1.165) is 51.4 Å². The molecule has 1 aromatic heterocycles. The van der Waals surface area contributed by atoms with Gasteiger partial charge in [-0.2, -0.15) is 0 Å². The highest BCUT2D eigenvalue weighted by molar-refractivity contribution is 6.30. The molecule has 102 valence electrons. The van der Waals surface area contributed by atoms with E-state index in [4.69, 9.17) is 13.0 Å². The molecule has 5 heteroatoms. The molecule has 0 atom stereocenters. The van der Waals surface area contributed by atoms with Crippen molar-refractivity contribution in [1.29, 1.82) is 0 Å². The van der Waals surface area contributed by atoms with Gasteiger partial charge in [0.15, 0.2) is 0 Å². The van der Waals surface area contributed by atoms with Crippen LogP contribution >= 0.6 is 0 Å². The van der Waals surface area contributed by atoms with Gasteiger partial charge in [-0.05, 0) is 37.5 Å². The molecular weight excluding hydrogens is 237 g/mol. The number of aromatic nitrogens is 1. The van der Waals surface area contributed by atoms with E-state index in [0.29, 0.717) is 12.2 Å². The van der Waals surface area contributed by atoms with Crippen LogP contribution in [0, 0.1) is 0 Å². The second kappa shape index (κ2) is 7.51. The van der Waals surface area contributed by atoms with Crippen LogP contribution in [0.3, 0.4) is 0 Å². The molecule has 1 aliphatic heterocycles. The predicted molar refractivity (Wildman–Crippen MR) is 79.2 cm³/mol. The lowest BCUT2D eigenvalue weighted by Crippen LogP contribution is -2.47. The van der Waals surface area contributed by atoms with E-state index in [9.17, 15) is 0 Å². The lowest BCUT2D eigenvalue weighted by molar-refractivity contribution is 0.242. The molecule has 0 aliphatic carbocycles. The number of aliphatic hydroxyl groups is 1. The third kappa shape index (κ3) is 4.51. The molecule has 0 saturated carbocycles. The van der Waals surface area contributed by atoms with E-state index < -0.39 is 0 Å². The maximum Gasteiger partial charge on any atom is 0.141 e. The summed E-state index contributed by atoms with van der Waals surface area (Å²) in [4.78, 5) is 9.14. The standard InChI is InChI=1S/C14H22BN3O/c15-13-5-4-6-14(16-13)18-10-8-17(9-11-18)7-2-1-3-12-19/h4-6,19H,1-3,7-12H2. The largest absolute Gasteiger partial charge is 0.396 e. The van der Waals surface area contributed by atoms with Gasteiger partial charge in [0.05, 0.1) is 0 Å². The maximum atomic E-state index is 8.75. The predicted octanol–water partition coefficient (Wildman–Crippen LogP) is 0.160. The molecule has 2 rings (SSSR count). The lowest BCUT2D eigenvalue weighted by Gasteiger charge is -2.35. The highest BCUT2D eigenvalue weighted by Crippen LogP contribution is 2.12. The summed E-state index contributed by atoms with van der Waals surface area (Å²) in [6.07, 6.45) is 3.22. The minimum absolute atomic E-state index is 0.314. The summed E-state index contributed by atoms with van der Waals surface area (Å²) in [6.45, 7) is 5.63. The molecule has 2 heterocycles. The average molecular weight is 259 g/mol. The molecule has 0 amide bonds. The van der Waals surface area contributed by atoms with Gasteiger partial charge in [-0.1, -0.05) is 12.1 Å². The van der Waals surface area contributed by atoms with Crippen LogP contribution in [0.4, 0.5) is 5.82 Å². The van der Waals surface area contributed by atoms with Gasteiger partial charge in [-0.25, -0.2) is 4.98 Å². The van der Waals surface area contributed by atoms with Crippen LogP contribution in [0.2, 0.25) is 0 Å². The van der Waals surface area contributed by atoms with E-state index in [2.05, 4.69) is 14.8 Å². The summed E-state index contributed by atoms with van der Waals surface area (Å²) in [7, 11) is 5.72. The van der Waals surface area contributed by atoms with Crippen molar-refractivity contribution < 1.29 is 5.11 Å². The highest BCUT2D eigenvalue weighted by Gasteiger charge is 2.17. The van der Waals surface area contributed by atoms with Crippen molar-refractivity contribution in [3.05, 3.63) is 18.2 Å². The Hall–Kier alpha value is -1.07. The Kier molecular flexibility index (Phi) is 5.67. The van der Waals surface area contributed by atoms with Crippen LogP contribution in [0.1, 0.15) is 19.3 Å². The molecule has 1 aromatic rings. The first kappa shape index (κ1) is 14.3. The fourth-order valence-electron chi connectivity index (χ4n) is 2.44. The Labute approximate surface area is 116 Å². The SMILES string of the molecule is [B]c1cccc(N2CCN(CCCCCO)CC2)n1. The second-order valence-electron chi connectivity index (χ2n) is 5.03. The first-order valence-electron chi connectivity index (χ1n) is 7.10. The van der Waals surface area contributed by atoms with Gasteiger partial charge in [0.2, 0.25) is 0 Å². The maximum absolute atomic E-state index is 8.75. The zero-order chi connectivity index (χ0) is 13.5. The summed E-state index contributed by atoms with van der Waals surface area (Å²) in [5.74, 6) is 0.986. The van der Waals surface area contributed by atoms with E-state index in [-0.39, 0.29) is 0 Å². The molecule has 0 bridgehead atoms. The summed E-state index contributed by atoms with van der Waals surface area (Å²) >= 11 is 0. The quantitative estimate of drug-likeness (QED) is 0.583. The van der Waals surface area contributed by atoms with Gasteiger partial charge in [-0.15, -0.1) is 0 Å². The number of nitrogens with zero attached hydrogens (tertiary/aromatic N) is 3. The monoisotopic (exact) mass is 259 g/mol. The number of aliphatic hydroxyl groups excluding tert-OH is 1. The Morgan fingerprint density at radius 1 is 1.11 bits per heavy atom. The first-order chi connectivity index (χ1) is 9.29. The third-order valence-corrected chi connectivity index (χ3v) is 3.58. The smallest absolute Gasteiger partial charge is 0.141 e. The highest BCUT2D eigenvalue weighted by atomic mass is 16.2. The molecule has 2 radical (unpaired) electrons. The average Bonchev–Trinajstić information content (AvgIpc) is 2.44. The van der Waals surface area contributed by atoms with Crippen LogP contribution in [0.5, 0.6) is 0 Å². The molecule has 4 nitrogen and oxygen atoms in total. The number of unbranched alkanes of at least 4 members (excludes halogenated alkanes) is 2. The molecule has 19 heavy (non-hydrogen) atoms. The van der Waals surface area contributed by atoms with E-state index >= 15 is 0 Å². The lowest BCUT2D eigenvalue weighted by atomic mass is 10.0. The van der Waals surface area contributed by atoms with Crippen molar-refractivity contribution in [3.8, 4) is 0 Å². The number of anilines is 1. The molecule has 0 aromatic carbocycles. The van der Waals surface area contributed by atoms with Crippen molar-refractivity contribution in [3.63, 3.8) is 0 Å². The summed E-state index contributed by atoms with van der Waals surface area (Å²) < 4.78 is 0. The number of hydrogen-bond acceptors (Lipinski definition) is 4. The zero-order valence-electron chi connectivity index (χ0n) is 11.5. The number of hydrogen-bond donors (Lipinski definition) is 1. The van der Waals surface area contributed by atoms with Crippen LogP contribution in [0.25, 0.3) is 0 Å². The third-order valence-electron chi connectivity index (χ3n) is 3.58.